The van der Waals surface area contributed by atoms with Gasteiger partial charge in [-0.2, -0.15) is 15.2 Å². The van der Waals surface area contributed by atoms with Gasteiger partial charge in [0.25, 0.3) is 5.91 Å². The van der Waals surface area contributed by atoms with E-state index in [0.717, 1.165) is 5.56 Å². The molecule has 0 fully saturated rings. The van der Waals surface area contributed by atoms with E-state index in [1.54, 1.807) is 62.6 Å². The van der Waals surface area contributed by atoms with Crippen LogP contribution in [-0.4, -0.2) is 39.8 Å². The second-order valence-electron chi connectivity index (χ2n) is 9.72. The number of nitro groups is 1. The van der Waals surface area contributed by atoms with Crippen LogP contribution >= 0.6 is 0 Å². The van der Waals surface area contributed by atoms with Crippen molar-refractivity contribution < 1.29 is 23.9 Å². The highest BCUT2D eigenvalue weighted by atomic mass is 16.6. The molecule has 1 heterocycles. The van der Waals surface area contributed by atoms with E-state index in [-0.39, 0.29) is 47.1 Å². The molecule has 5 rings (SSSR count). The van der Waals surface area contributed by atoms with E-state index in [0.29, 0.717) is 11.3 Å². The molecular weight excluding hydrogens is 576 g/mol. The predicted molar refractivity (Wildman–Crippen MR) is 165 cm³/mol. The number of ether oxygens (including phenoxy) is 3. The Morgan fingerprint density at radius 3 is 2.27 bits per heavy atom. The van der Waals surface area contributed by atoms with Crippen LogP contribution in [0.2, 0.25) is 0 Å². The zero-order valence-corrected chi connectivity index (χ0v) is 24.2. The first kappa shape index (κ1) is 30.0. The third-order valence-electron chi connectivity index (χ3n) is 6.26. The second kappa shape index (κ2) is 13.7. The number of hydrogen-bond acceptors (Lipinski definition) is 10. The third kappa shape index (κ3) is 7.49. The lowest BCUT2D eigenvalue weighted by atomic mass is 10.2. The first-order chi connectivity index (χ1) is 21.8. The number of rotatable bonds is 11. The first-order valence-electron chi connectivity index (χ1n) is 13.6. The minimum Gasteiger partial charge on any atom is -0.453 e. The average Bonchev–Trinajstić information content (AvgIpc) is 3.05. The zero-order valence-electron chi connectivity index (χ0n) is 24.2. The Hall–Kier alpha value is -6.48. The molecule has 4 aromatic carbocycles. The number of nitrogens with one attached hydrogen (secondary N) is 1. The number of para-hydroxylation sites is 1. The van der Waals surface area contributed by atoms with Crippen LogP contribution < -0.4 is 19.5 Å². The zero-order chi connectivity index (χ0) is 31.8. The molecule has 45 heavy (non-hydrogen) atoms. The number of nitrogens with zero attached hydrogens (tertiary/aromatic N) is 5. The Morgan fingerprint density at radius 1 is 0.867 bits per heavy atom. The van der Waals surface area contributed by atoms with Crippen LogP contribution in [0, 0.1) is 21.4 Å². The molecule has 12 heteroatoms. The van der Waals surface area contributed by atoms with Crippen molar-refractivity contribution in [1.82, 2.24) is 14.9 Å². The van der Waals surface area contributed by atoms with Crippen molar-refractivity contribution in [3.63, 3.8) is 0 Å². The van der Waals surface area contributed by atoms with Gasteiger partial charge >= 0.3 is 17.6 Å². The van der Waals surface area contributed by atoms with Gasteiger partial charge in [0.2, 0.25) is 5.82 Å². The quantitative estimate of drug-likeness (QED) is 0.124. The van der Waals surface area contributed by atoms with Gasteiger partial charge in [0.1, 0.15) is 11.5 Å². The van der Waals surface area contributed by atoms with E-state index >= 15 is 0 Å². The maximum absolute atomic E-state index is 12.5. The maximum atomic E-state index is 12.5. The maximum Gasteiger partial charge on any atom is 0.373 e. The predicted octanol–water partition coefficient (Wildman–Crippen LogP) is 6.95. The summed E-state index contributed by atoms with van der Waals surface area (Å²) in [6.07, 6.45) is 0. The standard InChI is InChI=1S/C33H26N6O6/c1-38(2)32(40)24-12-9-15-26(19-24)44-31-29(39(41)42)30(35-21-22-10-5-3-6-11-22)36-33(37-31)45-28-18-23(20-34)16-17-27(28)43-25-13-7-4-8-14-25/h3-19H,21H2,1-2H3,(H,35,36,37). The summed E-state index contributed by atoms with van der Waals surface area (Å²) in [5, 5.41) is 24.9. The SMILES string of the molecule is CN(C)C(=O)c1cccc(Oc2nc(Oc3cc(C#N)ccc3Oc3ccccc3)nc(NCc3ccccc3)c2[N+](=O)[O-])c1. The molecule has 0 unspecified atom stereocenters. The molecule has 0 spiro atoms. The Bertz CT molecular complexity index is 1880. The fourth-order valence-corrected chi connectivity index (χ4v) is 4.12. The minimum atomic E-state index is -0.665. The van der Waals surface area contributed by atoms with Crippen LogP contribution in [0.5, 0.6) is 34.9 Å². The van der Waals surface area contributed by atoms with Crippen LogP contribution in [0.1, 0.15) is 21.5 Å². The average molecular weight is 603 g/mol. The number of carbonyl (C=O) groups excluding carboxylic acids is 1. The van der Waals surface area contributed by atoms with Gasteiger partial charge in [-0.15, -0.1) is 0 Å². The van der Waals surface area contributed by atoms with Crippen LogP contribution in [0.3, 0.4) is 0 Å². The lowest BCUT2D eigenvalue weighted by molar-refractivity contribution is -0.385. The Labute approximate surface area is 258 Å². The van der Waals surface area contributed by atoms with Crippen LogP contribution in [0.4, 0.5) is 11.5 Å². The van der Waals surface area contributed by atoms with E-state index in [2.05, 4.69) is 21.4 Å². The number of amides is 1. The lowest BCUT2D eigenvalue weighted by Gasteiger charge is -2.15. The van der Waals surface area contributed by atoms with Gasteiger partial charge in [-0.1, -0.05) is 54.6 Å². The second-order valence-corrected chi connectivity index (χ2v) is 9.72. The van der Waals surface area contributed by atoms with Crippen molar-refractivity contribution in [3.05, 3.63) is 130 Å². The Balaban J connectivity index is 1.58. The molecular formula is C33H26N6O6. The molecule has 1 aromatic heterocycles. The highest BCUT2D eigenvalue weighted by Gasteiger charge is 2.29. The van der Waals surface area contributed by atoms with Gasteiger partial charge in [-0.25, -0.2) is 0 Å². The van der Waals surface area contributed by atoms with Gasteiger partial charge in [0, 0.05) is 32.3 Å². The van der Waals surface area contributed by atoms with E-state index in [4.69, 9.17) is 14.2 Å². The molecule has 0 saturated carbocycles. The number of benzene rings is 4. The summed E-state index contributed by atoms with van der Waals surface area (Å²) in [5.41, 5.74) is 0.873. The number of hydrogen-bond donors (Lipinski definition) is 1. The summed E-state index contributed by atoms with van der Waals surface area (Å²) in [6, 6.07) is 30.6. The van der Waals surface area contributed by atoms with Crippen LogP contribution in [0.25, 0.3) is 0 Å². The van der Waals surface area contributed by atoms with Gasteiger partial charge in [0.05, 0.1) is 16.6 Å². The minimum absolute atomic E-state index is 0.0882. The lowest BCUT2D eigenvalue weighted by Crippen LogP contribution is -2.21. The van der Waals surface area contributed by atoms with Crippen molar-refractivity contribution in [1.29, 1.82) is 5.26 Å². The molecule has 0 aliphatic carbocycles. The highest BCUT2D eigenvalue weighted by Crippen LogP contribution is 2.40. The van der Waals surface area contributed by atoms with Gasteiger partial charge in [0.15, 0.2) is 11.5 Å². The van der Waals surface area contributed by atoms with Crippen molar-refractivity contribution >= 4 is 17.4 Å². The van der Waals surface area contributed by atoms with Crippen molar-refractivity contribution in [2.24, 2.45) is 0 Å². The molecule has 0 atom stereocenters. The van der Waals surface area contributed by atoms with E-state index in [1.807, 2.05) is 36.4 Å². The number of carbonyl (C=O) groups is 1. The molecule has 0 saturated heterocycles. The summed E-state index contributed by atoms with van der Waals surface area (Å²) in [5.74, 6) is 0.0872. The Kier molecular flexibility index (Phi) is 9.11. The van der Waals surface area contributed by atoms with Gasteiger partial charge in [-0.3, -0.25) is 14.9 Å². The molecule has 0 radical (unpaired) electrons. The highest BCUT2D eigenvalue weighted by molar-refractivity contribution is 5.94. The molecule has 0 aliphatic rings. The van der Waals surface area contributed by atoms with Crippen molar-refractivity contribution in [2.45, 2.75) is 6.54 Å². The number of aromatic nitrogens is 2. The fourth-order valence-electron chi connectivity index (χ4n) is 4.12. The topological polar surface area (TPSA) is 153 Å². The van der Waals surface area contributed by atoms with E-state index < -0.39 is 16.5 Å². The summed E-state index contributed by atoms with van der Waals surface area (Å²) in [6.45, 7) is 0.191. The molecule has 12 nitrogen and oxygen atoms in total. The summed E-state index contributed by atoms with van der Waals surface area (Å²) in [4.78, 5) is 34.2. The van der Waals surface area contributed by atoms with E-state index in [9.17, 15) is 20.2 Å². The molecule has 224 valence electrons. The molecule has 0 bridgehead atoms. The van der Waals surface area contributed by atoms with Crippen molar-refractivity contribution in [2.75, 3.05) is 19.4 Å². The van der Waals surface area contributed by atoms with Crippen LogP contribution in [-0.2, 0) is 6.54 Å². The molecule has 1 N–H and O–H groups in total. The number of anilines is 1. The normalized spacial score (nSPS) is 10.3. The summed E-state index contributed by atoms with van der Waals surface area (Å²) in [7, 11) is 3.22. The monoisotopic (exact) mass is 602 g/mol. The number of nitriles is 1. The van der Waals surface area contributed by atoms with Gasteiger partial charge < -0.3 is 24.4 Å². The largest absolute Gasteiger partial charge is 0.453 e. The smallest absolute Gasteiger partial charge is 0.373 e. The molecule has 1 amide bonds. The summed E-state index contributed by atoms with van der Waals surface area (Å²) < 4.78 is 17.9. The fraction of sp³-hybridized carbons (Fsp3) is 0.0909. The van der Waals surface area contributed by atoms with Gasteiger partial charge in [-0.05, 0) is 48.0 Å². The van der Waals surface area contributed by atoms with E-state index in [1.165, 1.54) is 23.1 Å². The summed E-state index contributed by atoms with van der Waals surface area (Å²) >= 11 is 0. The molecule has 5 aromatic rings. The molecule has 0 aliphatic heterocycles. The van der Waals surface area contributed by atoms with Crippen LogP contribution in [0.15, 0.2) is 103 Å². The third-order valence-corrected chi connectivity index (χ3v) is 6.26. The Morgan fingerprint density at radius 2 is 1.58 bits per heavy atom. The first-order valence-corrected chi connectivity index (χ1v) is 13.6. The van der Waals surface area contributed by atoms with Crippen molar-refractivity contribution in [3.8, 4) is 41.0 Å².